The molecule has 0 saturated carbocycles. The normalized spacial score (nSPS) is 18.9. The van der Waals surface area contributed by atoms with Crippen LogP contribution in [0, 0.1) is 0 Å². The monoisotopic (exact) mass is 387 g/mol. The Morgan fingerprint density at radius 2 is 1.50 bits per heavy atom. The molecule has 26 heavy (non-hydrogen) atoms. The number of carbonyl (C=O) groups is 2. The van der Waals surface area contributed by atoms with Gasteiger partial charge in [-0.2, -0.15) is 0 Å². The van der Waals surface area contributed by atoms with Gasteiger partial charge in [-0.1, -0.05) is 23.9 Å². The van der Waals surface area contributed by atoms with Gasteiger partial charge in [-0.05, 0) is 57.3 Å². The predicted octanol–water partition coefficient (Wildman–Crippen LogP) is 3.38. The van der Waals surface area contributed by atoms with Crippen molar-refractivity contribution in [2.24, 2.45) is 0 Å². The molecule has 2 aliphatic heterocycles. The molecule has 0 spiro atoms. The number of carbonyl (C=O) groups excluding carboxylic acids is 2. The standard InChI is InChI=1S/C19H21N3O2S2/c1-4-20-14-9-7-8-10-15(14)26-16(20)12-11-13-17(23)21(5-2)19(25)22(6-3)18(13)24/h7-12H,4-6H2,1-3H3/b16-12-. The number of hydrogen-bond acceptors (Lipinski definition) is 5. The van der Waals surface area contributed by atoms with Crippen LogP contribution in [0.2, 0.25) is 0 Å². The zero-order valence-electron chi connectivity index (χ0n) is 15.1. The van der Waals surface area contributed by atoms with Gasteiger partial charge in [-0.25, -0.2) is 0 Å². The van der Waals surface area contributed by atoms with Crippen LogP contribution in [-0.2, 0) is 9.59 Å². The van der Waals surface area contributed by atoms with Gasteiger partial charge in [-0.15, -0.1) is 0 Å². The van der Waals surface area contributed by atoms with Crippen LogP contribution in [0.1, 0.15) is 20.8 Å². The zero-order chi connectivity index (χ0) is 18.8. The number of thioether (sulfide) groups is 1. The molecule has 0 bridgehead atoms. The maximum Gasteiger partial charge on any atom is 0.265 e. The summed E-state index contributed by atoms with van der Waals surface area (Å²) in [5.74, 6) is -0.653. The molecule has 3 rings (SSSR count). The molecule has 5 nitrogen and oxygen atoms in total. The number of para-hydroxylation sites is 1. The number of anilines is 1. The lowest BCUT2D eigenvalue weighted by molar-refractivity contribution is -0.133. The van der Waals surface area contributed by atoms with E-state index in [1.54, 1.807) is 17.8 Å². The molecule has 7 heteroatoms. The first kappa shape index (κ1) is 18.7. The highest BCUT2D eigenvalue weighted by molar-refractivity contribution is 8.03. The van der Waals surface area contributed by atoms with Gasteiger partial charge in [0.1, 0.15) is 5.57 Å². The molecule has 0 atom stereocenters. The van der Waals surface area contributed by atoms with E-state index in [-0.39, 0.29) is 22.5 Å². The zero-order valence-corrected chi connectivity index (χ0v) is 16.7. The Hall–Kier alpha value is -2.12. The van der Waals surface area contributed by atoms with Gasteiger partial charge in [0.15, 0.2) is 5.11 Å². The van der Waals surface area contributed by atoms with Gasteiger partial charge < -0.3 is 4.90 Å². The van der Waals surface area contributed by atoms with Gasteiger partial charge in [-0.3, -0.25) is 19.4 Å². The van der Waals surface area contributed by atoms with Crippen LogP contribution in [0.4, 0.5) is 5.69 Å². The van der Waals surface area contributed by atoms with Gasteiger partial charge in [0.25, 0.3) is 11.8 Å². The topological polar surface area (TPSA) is 43.9 Å². The molecule has 0 aromatic heterocycles. The Bertz CT molecular complexity index is 804. The summed E-state index contributed by atoms with van der Waals surface area (Å²) in [6, 6.07) is 8.17. The maximum absolute atomic E-state index is 12.7. The number of hydrogen-bond donors (Lipinski definition) is 0. The number of likely N-dealkylation sites (N-methyl/N-ethyl adjacent to an activating group) is 2. The van der Waals surface area contributed by atoms with Crippen LogP contribution in [-0.4, -0.2) is 46.4 Å². The third-order valence-corrected chi connectivity index (χ3v) is 5.96. The molecule has 2 heterocycles. The van der Waals surface area contributed by atoms with Crippen molar-refractivity contribution >= 4 is 46.6 Å². The summed E-state index contributed by atoms with van der Waals surface area (Å²) in [6.45, 7) is 7.48. The number of thiocarbonyl (C=S) groups is 1. The highest BCUT2D eigenvalue weighted by Crippen LogP contribution is 2.45. The minimum atomic E-state index is -0.326. The highest BCUT2D eigenvalue weighted by Gasteiger charge is 2.37. The minimum Gasteiger partial charge on any atom is -0.335 e. The molecule has 2 aliphatic rings. The van der Waals surface area contributed by atoms with Gasteiger partial charge in [0, 0.05) is 24.5 Å². The van der Waals surface area contributed by atoms with Crippen molar-refractivity contribution in [3.63, 3.8) is 0 Å². The molecule has 1 saturated heterocycles. The molecule has 1 aromatic rings. The second-order valence-electron chi connectivity index (χ2n) is 5.78. The molecule has 0 N–H and O–H groups in total. The largest absolute Gasteiger partial charge is 0.335 e. The molecule has 2 amide bonds. The fourth-order valence-corrected chi connectivity index (χ4v) is 4.61. The molecular formula is C19H21N3O2S2. The number of benzene rings is 1. The summed E-state index contributed by atoms with van der Waals surface area (Å²) < 4.78 is 0. The van der Waals surface area contributed by atoms with Crippen molar-refractivity contribution in [1.29, 1.82) is 0 Å². The Morgan fingerprint density at radius 1 is 0.923 bits per heavy atom. The highest BCUT2D eigenvalue weighted by atomic mass is 32.2. The van der Waals surface area contributed by atoms with Crippen molar-refractivity contribution in [3.05, 3.63) is 47.0 Å². The minimum absolute atomic E-state index is 0.155. The quantitative estimate of drug-likeness (QED) is 0.450. The van der Waals surface area contributed by atoms with Crippen molar-refractivity contribution in [1.82, 2.24) is 9.80 Å². The molecule has 1 fully saturated rings. The molecule has 136 valence electrons. The first-order chi connectivity index (χ1) is 12.5. The smallest absolute Gasteiger partial charge is 0.265 e. The van der Waals surface area contributed by atoms with Crippen molar-refractivity contribution in [2.45, 2.75) is 25.7 Å². The Balaban J connectivity index is 1.96. The average molecular weight is 388 g/mol. The molecular weight excluding hydrogens is 366 g/mol. The van der Waals surface area contributed by atoms with Gasteiger partial charge in [0.05, 0.1) is 10.7 Å². The van der Waals surface area contributed by atoms with Crippen molar-refractivity contribution in [3.8, 4) is 0 Å². The Labute approximate surface area is 163 Å². The van der Waals surface area contributed by atoms with Crippen LogP contribution in [0.5, 0.6) is 0 Å². The van der Waals surface area contributed by atoms with E-state index in [9.17, 15) is 9.59 Å². The molecule has 0 unspecified atom stereocenters. The summed E-state index contributed by atoms with van der Waals surface area (Å²) in [4.78, 5) is 31.7. The first-order valence-corrected chi connectivity index (χ1v) is 9.90. The van der Waals surface area contributed by atoms with Crippen molar-refractivity contribution in [2.75, 3.05) is 24.5 Å². The SMILES string of the molecule is CCN1C(=O)C(=C/C=C2\Sc3ccccc3N2CC)C(=O)N(CC)C1=S. The molecule has 0 aliphatic carbocycles. The third-order valence-electron chi connectivity index (χ3n) is 4.39. The molecule has 1 aromatic carbocycles. The van der Waals surface area contributed by atoms with Crippen LogP contribution in [0.3, 0.4) is 0 Å². The summed E-state index contributed by atoms with van der Waals surface area (Å²) in [6.07, 6.45) is 3.49. The summed E-state index contributed by atoms with van der Waals surface area (Å²) in [5, 5.41) is 1.29. The average Bonchev–Trinajstić information content (AvgIpc) is 2.99. The van der Waals surface area contributed by atoms with E-state index in [0.717, 1.165) is 17.3 Å². The number of amides is 2. The van der Waals surface area contributed by atoms with E-state index >= 15 is 0 Å². The first-order valence-electron chi connectivity index (χ1n) is 8.67. The lowest BCUT2D eigenvalue weighted by Crippen LogP contribution is -2.55. The lowest BCUT2D eigenvalue weighted by atomic mass is 10.1. The summed E-state index contributed by atoms with van der Waals surface area (Å²) in [5.41, 5.74) is 1.31. The number of allylic oxidation sites excluding steroid dienone is 2. The van der Waals surface area contributed by atoms with Gasteiger partial charge >= 0.3 is 0 Å². The van der Waals surface area contributed by atoms with E-state index in [4.69, 9.17) is 12.2 Å². The fraction of sp³-hybridized carbons (Fsp3) is 0.316. The van der Waals surface area contributed by atoms with Crippen LogP contribution in [0.25, 0.3) is 0 Å². The molecule has 0 radical (unpaired) electrons. The van der Waals surface area contributed by atoms with Gasteiger partial charge in [0.2, 0.25) is 0 Å². The Kier molecular flexibility index (Phi) is 5.48. The number of rotatable bonds is 4. The predicted molar refractivity (Wildman–Crippen MR) is 109 cm³/mol. The summed E-state index contributed by atoms with van der Waals surface area (Å²) >= 11 is 6.93. The van der Waals surface area contributed by atoms with Crippen LogP contribution >= 0.6 is 24.0 Å². The second kappa shape index (κ2) is 7.63. The lowest BCUT2D eigenvalue weighted by Gasteiger charge is -2.35. The third kappa shape index (κ3) is 3.05. The second-order valence-corrected chi connectivity index (χ2v) is 7.21. The Morgan fingerprint density at radius 3 is 2.08 bits per heavy atom. The summed E-state index contributed by atoms with van der Waals surface area (Å²) in [7, 11) is 0. The van der Waals surface area contributed by atoms with E-state index < -0.39 is 0 Å². The van der Waals surface area contributed by atoms with E-state index in [0.29, 0.717) is 13.1 Å². The number of nitrogens with zero attached hydrogens (tertiary/aromatic N) is 3. The van der Waals surface area contributed by atoms with E-state index in [2.05, 4.69) is 24.0 Å². The van der Waals surface area contributed by atoms with Crippen molar-refractivity contribution < 1.29 is 9.59 Å². The van der Waals surface area contributed by atoms with Crippen LogP contribution in [0.15, 0.2) is 51.9 Å². The maximum atomic E-state index is 12.7. The van der Waals surface area contributed by atoms with Crippen LogP contribution < -0.4 is 4.90 Å². The van der Waals surface area contributed by atoms with E-state index in [1.165, 1.54) is 14.7 Å². The van der Waals surface area contributed by atoms with E-state index in [1.807, 2.05) is 32.1 Å². The fourth-order valence-electron chi connectivity index (χ4n) is 3.06. The number of fused-ring (bicyclic) bond motifs is 1.